The van der Waals surface area contributed by atoms with Crippen LogP contribution >= 0.6 is 0 Å². The zero-order valence-corrected chi connectivity index (χ0v) is 7.73. The summed E-state index contributed by atoms with van der Waals surface area (Å²) in [5, 5.41) is 9.59. The summed E-state index contributed by atoms with van der Waals surface area (Å²) in [5.41, 5.74) is -0.390. The summed E-state index contributed by atoms with van der Waals surface area (Å²) in [4.78, 5) is 33.9. The van der Waals surface area contributed by atoms with Gasteiger partial charge in [0.25, 0.3) is 5.78 Å². The van der Waals surface area contributed by atoms with Gasteiger partial charge in [-0.15, -0.1) is 0 Å². The van der Waals surface area contributed by atoms with Crippen molar-refractivity contribution >= 4 is 23.1 Å². The second-order valence-corrected chi connectivity index (χ2v) is 3.10. The molecular formula is C10H6O5. The van der Waals surface area contributed by atoms with Gasteiger partial charge >= 0.3 is 0 Å². The third-order valence-electron chi connectivity index (χ3n) is 2.15. The molecule has 1 aliphatic carbocycles. The van der Waals surface area contributed by atoms with Crippen molar-refractivity contribution < 1.29 is 23.9 Å². The van der Waals surface area contributed by atoms with E-state index >= 15 is 0 Å². The second-order valence-electron chi connectivity index (χ2n) is 3.10. The topological polar surface area (TPSA) is 84.6 Å². The molecule has 5 nitrogen and oxygen atoms in total. The monoisotopic (exact) mass is 206 g/mol. The molecule has 1 aromatic rings. The van der Waals surface area contributed by atoms with E-state index in [0.717, 1.165) is 6.92 Å². The first-order chi connectivity index (χ1) is 7.04. The van der Waals surface area contributed by atoms with Crippen LogP contribution in [-0.4, -0.2) is 22.5 Å². The van der Waals surface area contributed by atoms with Crippen LogP contribution in [0.5, 0.6) is 0 Å². The fraction of sp³-hybridized carbons (Fsp3) is 0.100. The number of aliphatic hydroxyl groups is 1. The lowest BCUT2D eigenvalue weighted by Crippen LogP contribution is -2.26. The lowest BCUT2D eigenvalue weighted by Gasteiger charge is -2.10. The van der Waals surface area contributed by atoms with Crippen LogP contribution < -0.4 is 0 Å². The van der Waals surface area contributed by atoms with Crippen LogP contribution in [0, 0.1) is 0 Å². The van der Waals surface area contributed by atoms with Crippen LogP contribution in [0.4, 0.5) is 0 Å². The van der Waals surface area contributed by atoms with Crippen molar-refractivity contribution in [2.24, 2.45) is 0 Å². The van der Waals surface area contributed by atoms with Gasteiger partial charge < -0.3 is 9.52 Å². The summed E-state index contributed by atoms with van der Waals surface area (Å²) >= 11 is 0. The number of Topliss-reactive ketones (excluding diaryl/α,β-unsaturated/α-hetero) is 3. The van der Waals surface area contributed by atoms with E-state index < -0.39 is 28.7 Å². The maximum Gasteiger partial charge on any atom is 0.269 e. The van der Waals surface area contributed by atoms with Gasteiger partial charge in [0.1, 0.15) is 11.3 Å². The van der Waals surface area contributed by atoms with Crippen molar-refractivity contribution in [3.63, 3.8) is 0 Å². The molecule has 0 radical (unpaired) electrons. The average molecular weight is 206 g/mol. The number of allylic oxidation sites excluding steroid dienone is 1. The highest BCUT2D eigenvalue weighted by Gasteiger charge is 2.37. The molecule has 0 amide bonds. The van der Waals surface area contributed by atoms with Crippen molar-refractivity contribution in [3.8, 4) is 0 Å². The lowest BCUT2D eigenvalue weighted by atomic mass is 9.92. The summed E-state index contributed by atoms with van der Waals surface area (Å²) in [5.74, 6) is -3.28. The van der Waals surface area contributed by atoms with Gasteiger partial charge in [0.05, 0.1) is 11.8 Å². The quantitative estimate of drug-likeness (QED) is 0.545. The first kappa shape index (κ1) is 9.39. The molecular weight excluding hydrogens is 200 g/mol. The zero-order chi connectivity index (χ0) is 11.2. The molecule has 76 valence electrons. The molecule has 0 unspecified atom stereocenters. The Hall–Kier alpha value is -2.17. The Kier molecular flexibility index (Phi) is 1.82. The molecule has 1 N–H and O–H groups in total. The standard InChI is InChI=1S/C10H6O5/c1-4(11)6-7(12)5-2-3-15-10(5)9(14)8(6)13/h2-3,12H,1H3. The van der Waals surface area contributed by atoms with E-state index in [4.69, 9.17) is 4.42 Å². The van der Waals surface area contributed by atoms with Gasteiger partial charge in [-0.25, -0.2) is 0 Å². The van der Waals surface area contributed by atoms with E-state index in [1.807, 2.05) is 0 Å². The van der Waals surface area contributed by atoms with Crippen LogP contribution in [-0.2, 0) is 9.59 Å². The van der Waals surface area contributed by atoms with Crippen molar-refractivity contribution in [1.29, 1.82) is 0 Å². The molecule has 1 aliphatic rings. The van der Waals surface area contributed by atoms with Gasteiger partial charge in [0.15, 0.2) is 11.5 Å². The van der Waals surface area contributed by atoms with Crippen LogP contribution in [0.3, 0.4) is 0 Å². The SMILES string of the molecule is CC(=O)C1=C(O)c2ccoc2C(=O)C1=O. The molecule has 0 saturated carbocycles. The number of aliphatic hydroxyl groups excluding tert-OH is 1. The van der Waals surface area contributed by atoms with Gasteiger partial charge in [-0.2, -0.15) is 0 Å². The minimum absolute atomic E-state index is 0.0878. The molecule has 1 aromatic heterocycles. The van der Waals surface area contributed by atoms with E-state index in [1.165, 1.54) is 12.3 Å². The highest BCUT2D eigenvalue weighted by molar-refractivity contribution is 6.56. The number of ketones is 3. The number of hydrogen-bond acceptors (Lipinski definition) is 5. The highest BCUT2D eigenvalue weighted by Crippen LogP contribution is 2.28. The highest BCUT2D eigenvalue weighted by atomic mass is 16.3. The van der Waals surface area contributed by atoms with E-state index in [1.54, 1.807) is 0 Å². The number of hydrogen-bond donors (Lipinski definition) is 1. The molecule has 1 heterocycles. The Morgan fingerprint density at radius 1 is 1.33 bits per heavy atom. The largest absolute Gasteiger partial charge is 0.506 e. The number of carbonyl (C=O) groups is 3. The molecule has 0 aliphatic heterocycles. The lowest BCUT2D eigenvalue weighted by molar-refractivity contribution is -0.118. The Balaban J connectivity index is 2.76. The summed E-state index contributed by atoms with van der Waals surface area (Å²) in [6, 6.07) is 1.33. The van der Waals surface area contributed by atoms with E-state index in [0.29, 0.717) is 0 Å². The maximum atomic E-state index is 11.4. The van der Waals surface area contributed by atoms with Crippen LogP contribution in [0.2, 0.25) is 0 Å². The summed E-state index contributed by atoms with van der Waals surface area (Å²) in [6.45, 7) is 1.11. The Bertz CT molecular complexity index is 518. The van der Waals surface area contributed by atoms with Crippen molar-refractivity contribution in [3.05, 3.63) is 29.2 Å². The van der Waals surface area contributed by atoms with Gasteiger partial charge in [-0.05, 0) is 13.0 Å². The minimum atomic E-state index is -1.03. The molecule has 0 aromatic carbocycles. The van der Waals surface area contributed by atoms with Crippen molar-refractivity contribution in [2.45, 2.75) is 6.92 Å². The number of furan rings is 1. The molecule has 5 heteroatoms. The Morgan fingerprint density at radius 2 is 2.00 bits per heavy atom. The van der Waals surface area contributed by atoms with E-state index in [9.17, 15) is 19.5 Å². The van der Waals surface area contributed by atoms with Gasteiger partial charge in [-0.1, -0.05) is 0 Å². The molecule has 0 saturated heterocycles. The fourth-order valence-electron chi connectivity index (χ4n) is 1.46. The summed E-state index contributed by atoms with van der Waals surface area (Å²) < 4.78 is 4.76. The Labute approximate surface area is 84.0 Å². The fourth-order valence-corrected chi connectivity index (χ4v) is 1.46. The maximum absolute atomic E-state index is 11.4. The third kappa shape index (κ3) is 1.13. The molecule has 0 atom stereocenters. The molecule has 0 fully saturated rings. The third-order valence-corrected chi connectivity index (χ3v) is 2.15. The van der Waals surface area contributed by atoms with Crippen LogP contribution in [0.1, 0.15) is 23.0 Å². The number of rotatable bonds is 1. The summed E-state index contributed by atoms with van der Waals surface area (Å²) in [7, 11) is 0. The van der Waals surface area contributed by atoms with Crippen molar-refractivity contribution in [2.75, 3.05) is 0 Å². The predicted octanol–water partition coefficient (Wildman–Crippen LogP) is 0.903. The average Bonchev–Trinajstić information content (AvgIpc) is 2.62. The predicted molar refractivity (Wildman–Crippen MR) is 48.3 cm³/mol. The Morgan fingerprint density at radius 3 is 2.60 bits per heavy atom. The smallest absolute Gasteiger partial charge is 0.269 e. The molecule has 2 rings (SSSR count). The second kappa shape index (κ2) is 2.91. The molecule has 0 spiro atoms. The summed E-state index contributed by atoms with van der Waals surface area (Å²) in [6.07, 6.45) is 1.18. The minimum Gasteiger partial charge on any atom is -0.506 e. The zero-order valence-electron chi connectivity index (χ0n) is 7.73. The van der Waals surface area contributed by atoms with Crippen LogP contribution in [0.25, 0.3) is 5.76 Å². The van der Waals surface area contributed by atoms with Gasteiger partial charge in [-0.3, -0.25) is 14.4 Å². The number of carbonyl (C=O) groups excluding carboxylic acids is 3. The van der Waals surface area contributed by atoms with Crippen LogP contribution in [0.15, 0.2) is 22.3 Å². The normalized spacial score (nSPS) is 15.5. The number of fused-ring (bicyclic) bond motifs is 1. The molecule has 15 heavy (non-hydrogen) atoms. The van der Waals surface area contributed by atoms with E-state index in [2.05, 4.69) is 0 Å². The first-order valence-corrected chi connectivity index (χ1v) is 4.15. The van der Waals surface area contributed by atoms with Gasteiger partial charge in [0, 0.05) is 0 Å². The van der Waals surface area contributed by atoms with Crippen molar-refractivity contribution in [1.82, 2.24) is 0 Å². The van der Waals surface area contributed by atoms with E-state index in [-0.39, 0.29) is 11.3 Å². The molecule has 0 bridgehead atoms. The first-order valence-electron chi connectivity index (χ1n) is 4.15. The van der Waals surface area contributed by atoms with Gasteiger partial charge in [0.2, 0.25) is 5.78 Å².